The van der Waals surface area contributed by atoms with Crippen molar-refractivity contribution >= 4 is 0 Å². The minimum atomic E-state index is -0.283. The van der Waals surface area contributed by atoms with Gasteiger partial charge in [-0.1, -0.05) is 6.92 Å². The molecule has 1 unspecified atom stereocenters. The third kappa shape index (κ3) is 2.99. The minimum Gasteiger partial charge on any atom is -0.330 e. The van der Waals surface area contributed by atoms with E-state index in [1.807, 2.05) is 6.92 Å². The van der Waals surface area contributed by atoms with Crippen LogP contribution in [0.25, 0.3) is 0 Å². The van der Waals surface area contributed by atoms with Crippen LogP contribution in [0, 0.1) is 6.92 Å². The molecule has 2 heteroatoms. The van der Waals surface area contributed by atoms with E-state index in [2.05, 4.69) is 6.92 Å². The fraction of sp³-hybridized carbons (Fsp3) is 0.833. The molecule has 0 saturated carbocycles. The summed E-state index contributed by atoms with van der Waals surface area (Å²) in [7, 11) is 0. The van der Waals surface area contributed by atoms with Gasteiger partial charge in [-0.2, -0.15) is 0 Å². The van der Waals surface area contributed by atoms with Gasteiger partial charge in [0.05, 0.1) is 0 Å². The molecular formula is C6H15N2. The zero-order valence-electron chi connectivity index (χ0n) is 5.48. The molecule has 0 aromatic rings. The zero-order chi connectivity index (χ0) is 6.62. The van der Waals surface area contributed by atoms with Crippen molar-refractivity contribution < 1.29 is 0 Å². The highest BCUT2D eigenvalue weighted by Gasteiger charge is 2.12. The summed E-state index contributed by atoms with van der Waals surface area (Å²) in [5, 5.41) is 0. The van der Waals surface area contributed by atoms with Gasteiger partial charge in [0.1, 0.15) is 0 Å². The largest absolute Gasteiger partial charge is 0.330 e. The van der Waals surface area contributed by atoms with Gasteiger partial charge in [-0.25, -0.2) is 0 Å². The molecule has 0 aromatic carbocycles. The van der Waals surface area contributed by atoms with Crippen molar-refractivity contribution in [3.8, 4) is 0 Å². The molecule has 8 heavy (non-hydrogen) atoms. The molecule has 1 radical (unpaired) electrons. The van der Waals surface area contributed by atoms with E-state index in [-0.39, 0.29) is 5.54 Å². The lowest BCUT2D eigenvalue weighted by molar-refractivity contribution is 0.473. The van der Waals surface area contributed by atoms with Gasteiger partial charge >= 0.3 is 0 Å². The smallest absolute Gasteiger partial charge is 0.0164 e. The molecule has 1 atom stereocenters. The van der Waals surface area contributed by atoms with Crippen molar-refractivity contribution in [2.45, 2.75) is 25.3 Å². The van der Waals surface area contributed by atoms with E-state index >= 15 is 0 Å². The highest BCUT2D eigenvalue weighted by molar-refractivity contribution is 4.84. The lowest BCUT2D eigenvalue weighted by Crippen LogP contribution is -2.37. The first kappa shape index (κ1) is 7.92. The van der Waals surface area contributed by atoms with Gasteiger partial charge in [0.25, 0.3) is 0 Å². The Morgan fingerprint density at radius 3 is 2.25 bits per heavy atom. The summed E-state index contributed by atoms with van der Waals surface area (Å²) in [6.07, 6.45) is 1.70. The fourth-order valence-corrected chi connectivity index (χ4v) is 0.464. The fourth-order valence-electron chi connectivity index (χ4n) is 0.464. The van der Waals surface area contributed by atoms with Gasteiger partial charge in [0, 0.05) is 5.54 Å². The molecule has 49 valence electrons. The summed E-state index contributed by atoms with van der Waals surface area (Å²) < 4.78 is 0. The van der Waals surface area contributed by atoms with E-state index in [1.165, 1.54) is 0 Å². The third-order valence-corrected chi connectivity index (χ3v) is 1.35. The monoisotopic (exact) mass is 115 g/mol. The standard InChI is InChI=1S/C6H15N2/c1-3-6(2,8)4-5-7/h2-5,7-8H2,1H3. The molecule has 0 fully saturated rings. The predicted octanol–water partition coefficient (Wildman–Crippen LogP) is 0.277. The Balaban J connectivity index is 3.37. The van der Waals surface area contributed by atoms with Crippen LogP contribution in [-0.2, 0) is 0 Å². The Kier molecular flexibility index (Phi) is 3.02. The number of hydrogen-bond donors (Lipinski definition) is 2. The molecule has 0 amide bonds. The number of hydrogen-bond acceptors (Lipinski definition) is 2. The molecule has 0 aliphatic heterocycles. The van der Waals surface area contributed by atoms with Crippen molar-refractivity contribution in [1.29, 1.82) is 0 Å². The minimum absolute atomic E-state index is 0.283. The number of nitrogens with two attached hydrogens (primary N) is 2. The molecule has 0 saturated heterocycles. The van der Waals surface area contributed by atoms with Gasteiger partial charge in [-0.05, 0) is 26.3 Å². The Morgan fingerprint density at radius 1 is 1.62 bits per heavy atom. The van der Waals surface area contributed by atoms with Crippen LogP contribution in [0.5, 0.6) is 0 Å². The van der Waals surface area contributed by atoms with E-state index < -0.39 is 0 Å². The first-order chi connectivity index (χ1) is 3.62. The average Bonchev–Trinajstić information content (AvgIpc) is 1.67. The van der Waals surface area contributed by atoms with E-state index in [4.69, 9.17) is 11.5 Å². The lowest BCUT2D eigenvalue weighted by Gasteiger charge is -2.20. The van der Waals surface area contributed by atoms with Crippen molar-refractivity contribution in [3.63, 3.8) is 0 Å². The van der Waals surface area contributed by atoms with Gasteiger partial charge in [0.15, 0.2) is 0 Å². The molecule has 0 heterocycles. The predicted molar refractivity (Wildman–Crippen MR) is 36.2 cm³/mol. The van der Waals surface area contributed by atoms with Crippen LogP contribution in [0.2, 0.25) is 0 Å². The van der Waals surface area contributed by atoms with E-state index in [9.17, 15) is 0 Å². The molecule has 2 nitrogen and oxygen atoms in total. The number of rotatable bonds is 3. The van der Waals surface area contributed by atoms with Gasteiger partial charge < -0.3 is 11.5 Å². The van der Waals surface area contributed by atoms with Crippen molar-refractivity contribution in [1.82, 2.24) is 0 Å². The second-order valence-corrected chi connectivity index (χ2v) is 2.25. The highest BCUT2D eigenvalue weighted by Crippen LogP contribution is 2.06. The lowest BCUT2D eigenvalue weighted by atomic mass is 9.96. The van der Waals surface area contributed by atoms with Crippen LogP contribution in [-0.4, -0.2) is 12.1 Å². The average molecular weight is 115 g/mol. The topological polar surface area (TPSA) is 52.0 Å². The highest BCUT2D eigenvalue weighted by atomic mass is 14.7. The van der Waals surface area contributed by atoms with Crippen molar-refractivity contribution in [2.75, 3.05) is 6.54 Å². The van der Waals surface area contributed by atoms with Crippen LogP contribution < -0.4 is 11.5 Å². The normalized spacial score (nSPS) is 18.0. The van der Waals surface area contributed by atoms with Gasteiger partial charge in [0.2, 0.25) is 0 Å². The molecule has 0 spiro atoms. The van der Waals surface area contributed by atoms with E-state index in [0.29, 0.717) is 6.54 Å². The maximum absolute atomic E-state index is 5.64. The SMILES string of the molecule is [CH2]C(N)(CC)CCN. The Morgan fingerprint density at radius 2 is 2.12 bits per heavy atom. The Bertz CT molecular complexity index is 59.5. The summed E-state index contributed by atoms with van der Waals surface area (Å²) in [5.41, 5.74) is 10.6. The van der Waals surface area contributed by atoms with Crippen molar-refractivity contribution in [3.05, 3.63) is 6.92 Å². The molecule has 0 aliphatic carbocycles. The molecule has 0 aliphatic rings. The van der Waals surface area contributed by atoms with Crippen molar-refractivity contribution in [2.24, 2.45) is 11.5 Å². The summed E-state index contributed by atoms with van der Waals surface area (Å²) in [6, 6.07) is 0. The molecule has 0 bridgehead atoms. The molecule has 4 N–H and O–H groups in total. The maximum Gasteiger partial charge on any atom is 0.0164 e. The van der Waals surface area contributed by atoms with Crippen LogP contribution in [0.15, 0.2) is 0 Å². The maximum atomic E-state index is 5.64. The van der Waals surface area contributed by atoms with E-state index in [0.717, 1.165) is 12.8 Å². The molecular weight excluding hydrogens is 100 g/mol. The summed E-state index contributed by atoms with van der Waals surface area (Å²) in [4.78, 5) is 0. The van der Waals surface area contributed by atoms with Gasteiger partial charge in [-0.15, -0.1) is 0 Å². The zero-order valence-corrected chi connectivity index (χ0v) is 5.48. The second-order valence-electron chi connectivity index (χ2n) is 2.25. The first-order valence-electron chi connectivity index (χ1n) is 2.96. The molecule has 0 rings (SSSR count). The summed E-state index contributed by atoms with van der Waals surface area (Å²) >= 11 is 0. The first-order valence-corrected chi connectivity index (χ1v) is 2.96. The quantitative estimate of drug-likeness (QED) is 0.555. The summed E-state index contributed by atoms with van der Waals surface area (Å²) in [5.74, 6) is 0. The van der Waals surface area contributed by atoms with E-state index in [1.54, 1.807) is 0 Å². The van der Waals surface area contributed by atoms with Crippen LogP contribution in [0.1, 0.15) is 19.8 Å². The Labute approximate surface area is 51.2 Å². The second kappa shape index (κ2) is 3.05. The van der Waals surface area contributed by atoms with Crippen LogP contribution >= 0.6 is 0 Å². The Hall–Kier alpha value is -0.0800. The third-order valence-electron chi connectivity index (χ3n) is 1.35. The molecule has 0 aromatic heterocycles. The summed E-state index contributed by atoms with van der Waals surface area (Å²) in [6.45, 7) is 6.43. The van der Waals surface area contributed by atoms with Gasteiger partial charge in [-0.3, -0.25) is 0 Å². The van der Waals surface area contributed by atoms with Crippen LogP contribution in [0.4, 0.5) is 0 Å². The van der Waals surface area contributed by atoms with Crippen LogP contribution in [0.3, 0.4) is 0 Å².